The second-order valence-corrected chi connectivity index (χ2v) is 9.70. The fourth-order valence-electron chi connectivity index (χ4n) is 4.63. The molecule has 2 aliphatic rings. The minimum absolute atomic E-state index is 0.197. The summed E-state index contributed by atoms with van der Waals surface area (Å²) in [4.78, 5) is 34.1. The number of methoxy groups -OCH3 is 2. The van der Waals surface area contributed by atoms with Crippen molar-refractivity contribution in [3.8, 4) is 11.5 Å². The van der Waals surface area contributed by atoms with Crippen LogP contribution < -0.4 is 29.3 Å². The van der Waals surface area contributed by atoms with E-state index in [2.05, 4.69) is 9.89 Å². The Labute approximate surface area is 223 Å². The first-order valence-corrected chi connectivity index (χ1v) is 13.1. The molecule has 0 unspecified atom stereocenters. The molecule has 0 spiro atoms. The van der Waals surface area contributed by atoms with Gasteiger partial charge in [0.2, 0.25) is 0 Å². The van der Waals surface area contributed by atoms with Crippen molar-refractivity contribution in [1.82, 2.24) is 4.57 Å². The summed E-state index contributed by atoms with van der Waals surface area (Å²) in [5.74, 6) is 1.79. The van der Waals surface area contributed by atoms with Crippen molar-refractivity contribution in [2.24, 2.45) is 4.99 Å². The van der Waals surface area contributed by atoms with Gasteiger partial charge < -0.3 is 28.3 Å². The number of nitrogens with zero attached hydrogens (tertiary/aromatic N) is 3. The van der Waals surface area contributed by atoms with Crippen molar-refractivity contribution in [1.29, 1.82) is 0 Å². The van der Waals surface area contributed by atoms with Crippen molar-refractivity contribution >= 4 is 29.3 Å². The second-order valence-electron chi connectivity index (χ2n) is 8.69. The van der Waals surface area contributed by atoms with E-state index in [-0.39, 0.29) is 12.2 Å². The van der Waals surface area contributed by atoms with Crippen molar-refractivity contribution in [3.63, 3.8) is 0 Å². The highest BCUT2D eigenvalue weighted by Crippen LogP contribution is 2.36. The third-order valence-corrected chi connectivity index (χ3v) is 7.43. The zero-order valence-electron chi connectivity index (χ0n) is 21.7. The number of benzene rings is 1. The van der Waals surface area contributed by atoms with E-state index in [1.165, 1.54) is 23.0 Å². The lowest BCUT2D eigenvalue weighted by atomic mass is 9.95. The number of hydrogen-bond donors (Lipinski definition) is 0. The summed E-state index contributed by atoms with van der Waals surface area (Å²) in [7, 11) is 3.09. The highest BCUT2D eigenvalue weighted by Gasteiger charge is 2.34. The minimum Gasteiger partial charge on any atom is -0.493 e. The number of aromatic nitrogens is 1. The molecule has 10 nitrogen and oxygen atoms in total. The Kier molecular flexibility index (Phi) is 7.39. The maximum Gasteiger partial charge on any atom is 0.338 e. The monoisotopic (exact) mass is 539 g/mol. The summed E-state index contributed by atoms with van der Waals surface area (Å²) in [5.41, 5.74) is 1.17. The number of allylic oxidation sites excluding steroid dienone is 1. The summed E-state index contributed by atoms with van der Waals surface area (Å²) in [5, 5.41) is 0. The minimum atomic E-state index is -0.757. The summed E-state index contributed by atoms with van der Waals surface area (Å²) in [6.07, 6.45) is 1.71. The molecular formula is C27H29N3O7S. The number of ether oxygens (including phenoxy) is 4. The van der Waals surface area contributed by atoms with Gasteiger partial charge in [-0.3, -0.25) is 9.36 Å². The van der Waals surface area contributed by atoms with Crippen LogP contribution in [0.1, 0.15) is 31.2 Å². The van der Waals surface area contributed by atoms with Gasteiger partial charge in [0.1, 0.15) is 5.76 Å². The number of hydrogen-bond acceptors (Lipinski definition) is 10. The number of thiazole rings is 1. The molecule has 2 aromatic heterocycles. The summed E-state index contributed by atoms with van der Waals surface area (Å²) < 4.78 is 29.6. The van der Waals surface area contributed by atoms with Crippen LogP contribution in [-0.4, -0.2) is 57.7 Å². The molecule has 0 saturated carbocycles. The van der Waals surface area contributed by atoms with Crippen LogP contribution in [0.15, 0.2) is 55.8 Å². The molecule has 0 aliphatic carbocycles. The smallest absolute Gasteiger partial charge is 0.338 e. The van der Waals surface area contributed by atoms with Gasteiger partial charge >= 0.3 is 5.97 Å². The first-order valence-electron chi connectivity index (χ1n) is 12.3. The Hall–Kier alpha value is -3.83. The third-order valence-electron chi connectivity index (χ3n) is 6.45. The molecule has 200 valence electrons. The van der Waals surface area contributed by atoms with Crippen LogP contribution in [0.2, 0.25) is 0 Å². The number of morpholine rings is 1. The number of esters is 1. The molecule has 0 N–H and O–H groups in total. The normalized spacial score (nSPS) is 17.7. The highest BCUT2D eigenvalue weighted by atomic mass is 32.1. The van der Waals surface area contributed by atoms with E-state index < -0.39 is 12.0 Å². The molecule has 5 rings (SSSR count). The van der Waals surface area contributed by atoms with Gasteiger partial charge in [-0.05, 0) is 37.6 Å². The number of carbonyl (C=O) groups is 1. The number of rotatable bonds is 7. The van der Waals surface area contributed by atoms with E-state index in [1.807, 2.05) is 18.2 Å². The van der Waals surface area contributed by atoms with E-state index >= 15 is 0 Å². The van der Waals surface area contributed by atoms with Gasteiger partial charge in [0.05, 0.1) is 55.9 Å². The number of anilines is 1. The van der Waals surface area contributed by atoms with Crippen molar-refractivity contribution in [2.75, 3.05) is 52.0 Å². The largest absolute Gasteiger partial charge is 0.493 e. The van der Waals surface area contributed by atoms with Crippen LogP contribution in [0, 0.1) is 0 Å². The lowest BCUT2D eigenvalue weighted by Crippen LogP contribution is -2.39. The predicted molar refractivity (Wildman–Crippen MR) is 142 cm³/mol. The molecule has 1 saturated heterocycles. The molecule has 1 atom stereocenters. The Morgan fingerprint density at radius 2 is 1.92 bits per heavy atom. The van der Waals surface area contributed by atoms with E-state index in [9.17, 15) is 9.59 Å². The number of furan rings is 1. The molecule has 1 aromatic carbocycles. The van der Waals surface area contributed by atoms with Gasteiger partial charge in [-0.1, -0.05) is 17.4 Å². The summed E-state index contributed by atoms with van der Waals surface area (Å²) >= 11 is 1.24. The number of fused-ring (bicyclic) bond motifs is 1. The van der Waals surface area contributed by atoms with Crippen LogP contribution >= 0.6 is 11.3 Å². The van der Waals surface area contributed by atoms with Crippen LogP contribution in [0.25, 0.3) is 6.08 Å². The second kappa shape index (κ2) is 10.9. The molecule has 38 heavy (non-hydrogen) atoms. The van der Waals surface area contributed by atoms with Crippen molar-refractivity contribution in [3.05, 3.63) is 72.6 Å². The Bertz CT molecular complexity index is 1560. The standard InChI is InChI=1S/C27H29N3O7S/c1-5-36-26(32)23-16(2)28-27-30(24(23)17-6-8-19(33-3)20(14-17)34-4)25(31)21(38-27)15-18-7-9-22(37-18)29-10-12-35-13-11-29/h6-9,14-15,24H,5,10-13H2,1-4H3/t24-/m0/s1. The van der Waals surface area contributed by atoms with Gasteiger partial charge in [0.25, 0.3) is 5.56 Å². The van der Waals surface area contributed by atoms with E-state index in [1.54, 1.807) is 39.2 Å². The SMILES string of the molecule is CCOC(=O)C1=C(C)N=c2sc(=Cc3ccc(N4CCOCC4)o3)c(=O)n2[C@H]1c1ccc(OC)c(OC)c1. The predicted octanol–water partition coefficient (Wildman–Crippen LogP) is 2.25. The fraction of sp³-hybridized carbons (Fsp3) is 0.370. The Balaban J connectivity index is 1.63. The molecular weight excluding hydrogens is 510 g/mol. The van der Waals surface area contributed by atoms with Crippen molar-refractivity contribution in [2.45, 2.75) is 19.9 Å². The highest BCUT2D eigenvalue weighted by molar-refractivity contribution is 7.07. The molecule has 4 heterocycles. The molecule has 1 fully saturated rings. The average Bonchev–Trinajstić information content (AvgIpc) is 3.52. The first kappa shape index (κ1) is 25.8. The first-order chi connectivity index (χ1) is 18.4. The van der Waals surface area contributed by atoms with Gasteiger partial charge in [-0.25, -0.2) is 9.79 Å². The molecule has 0 amide bonds. The van der Waals surface area contributed by atoms with Crippen molar-refractivity contribution < 1.29 is 28.2 Å². The third kappa shape index (κ3) is 4.74. The fourth-order valence-corrected chi connectivity index (χ4v) is 5.66. The molecule has 11 heteroatoms. The maximum atomic E-state index is 13.8. The van der Waals surface area contributed by atoms with Crippen LogP contribution in [-0.2, 0) is 14.3 Å². The summed E-state index contributed by atoms with van der Waals surface area (Å²) in [6.45, 7) is 6.47. The molecule has 0 radical (unpaired) electrons. The average molecular weight is 540 g/mol. The topological polar surface area (TPSA) is 105 Å². The van der Waals surface area contributed by atoms with Gasteiger partial charge in [0, 0.05) is 25.2 Å². The maximum absolute atomic E-state index is 13.8. The number of carbonyl (C=O) groups excluding carboxylic acids is 1. The van der Waals surface area contributed by atoms with E-state index in [0.29, 0.717) is 56.6 Å². The Morgan fingerprint density at radius 1 is 1.16 bits per heavy atom. The van der Waals surface area contributed by atoms with E-state index in [0.717, 1.165) is 19.0 Å². The lowest BCUT2D eigenvalue weighted by Gasteiger charge is -2.26. The van der Waals surface area contributed by atoms with Crippen LogP contribution in [0.3, 0.4) is 0 Å². The van der Waals surface area contributed by atoms with Gasteiger partial charge in [-0.2, -0.15) is 0 Å². The Morgan fingerprint density at radius 3 is 2.63 bits per heavy atom. The zero-order valence-corrected chi connectivity index (χ0v) is 22.5. The van der Waals surface area contributed by atoms with Crippen LogP contribution in [0.4, 0.5) is 5.88 Å². The molecule has 2 aliphatic heterocycles. The van der Waals surface area contributed by atoms with Gasteiger partial charge in [-0.15, -0.1) is 0 Å². The quantitative estimate of drug-likeness (QED) is 0.421. The molecule has 3 aromatic rings. The van der Waals surface area contributed by atoms with Crippen LogP contribution in [0.5, 0.6) is 11.5 Å². The zero-order chi connectivity index (χ0) is 26.8. The summed E-state index contributed by atoms with van der Waals surface area (Å²) in [6, 6.07) is 8.29. The van der Waals surface area contributed by atoms with E-state index in [4.69, 9.17) is 23.4 Å². The van der Waals surface area contributed by atoms with Gasteiger partial charge in [0.15, 0.2) is 22.2 Å². The lowest BCUT2D eigenvalue weighted by molar-refractivity contribution is -0.139. The molecule has 0 bridgehead atoms.